The number of hydrogen-bond acceptors (Lipinski definition) is 7. The van der Waals surface area contributed by atoms with E-state index in [2.05, 4.69) is 20.5 Å². The molecule has 1 fully saturated rings. The molecule has 0 aliphatic carbocycles. The number of alkyl halides is 1. The summed E-state index contributed by atoms with van der Waals surface area (Å²) in [4.78, 5) is 23.9. The van der Waals surface area contributed by atoms with Crippen LogP contribution in [0.1, 0.15) is 46.0 Å². The highest BCUT2D eigenvalue weighted by Gasteiger charge is 2.35. The molecule has 0 atom stereocenters. The fourth-order valence-electron chi connectivity index (χ4n) is 4.60. The van der Waals surface area contributed by atoms with Crippen molar-refractivity contribution >= 4 is 40.1 Å². The first-order valence-electron chi connectivity index (χ1n) is 11.9. The van der Waals surface area contributed by atoms with Crippen molar-refractivity contribution in [3.05, 3.63) is 30.5 Å². The molecule has 2 aliphatic heterocycles. The molecule has 0 unspecified atom stereocenters. The Kier molecular flexibility index (Phi) is 6.02. The smallest absolute Gasteiger partial charge is 0.268 e. The number of unbranched alkanes of at least 4 members (excludes halogenated alkanes) is 1. The van der Waals surface area contributed by atoms with Crippen LogP contribution in [-0.2, 0) is 4.79 Å². The van der Waals surface area contributed by atoms with E-state index in [4.69, 9.17) is 14.1 Å². The van der Waals surface area contributed by atoms with Crippen LogP contribution in [-0.4, -0.2) is 41.2 Å². The van der Waals surface area contributed by atoms with Gasteiger partial charge in [0.15, 0.2) is 17.0 Å². The number of benzene rings is 1. The van der Waals surface area contributed by atoms with E-state index in [0.29, 0.717) is 35.3 Å². The molecule has 2 N–H and O–H groups in total. The van der Waals surface area contributed by atoms with Crippen LogP contribution in [0, 0.1) is 5.92 Å². The fourth-order valence-corrected chi connectivity index (χ4v) is 4.60. The molecule has 34 heavy (non-hydrogen) atoms. The second kappa shape index (κ2) is 9.12. The first kappa shape index (κ1) is 22.4. The summed E-state index contributed by atoms with van der Waals surface area (Å²) in [5.74, 6) is 2.29. The summed E-state index contributed by atoms with van der Waals surface area (Å²) < 4.78 is 23.9. The first-order valence-corrected chi connectivity index (χ1v) is 11.9. The maximum Gasteiger partial charge on any atom is 0.268 e. The number of carbonyl (C=O) groups is 1. The van der Waals surface area contributed by atoms with Crippen molar-refractivity contribution in [1.82, 2.24) is 9.97 Å². The summed E-state index contributed by atoms with van der Waals surface area (Å²) in [6, 6.07) is 7.34. The molecule has 1 saturated heterocycles. The Labute approximate surface area is 197 Å². The average Bonchev–Trinajstić information content (AvgIpc) is 3.29. The van der Waals surface area contributed by atoms with Crippen LogP contribution in [0.25, 0.3) is 11.1 Å². The molecule has 3 aromatic rings. The van der Waals surface area contributed by atoms with Gasteiger partial charge in [0.2, 0.25) is 5.95 Å². The number of carbonyl (C=O) groups excluding carboxylic acids is 1. The highest BCUT2D eigenvalue weighted by Crippen LogP contribution is 2.37. The van der Waals surface area contributed by atoms with Gasteiger partial charge in [0.05, 0.1) is 18.6 Å². The summed E-state index contributed by atoms with van der Waals surface area (Å²) in [6.07, 6.45) is 6.44. The minimum Gasteiger partial charge on any atom is -0.476 e. The van der Waals surface area contributed by atoms with Crippen molar-refractivity contribution in [2.24, 2.45) is 5.92 Å². The van der Waals surface area contributed by atoms with Crippen molar-refractivity contribution in [1.29, 1.82) is 0 Å². The molecule has 2 aromatic heterocycles. The van der Waals surface area contributed by atoms with Gasteiger partial charge in [-0.1, -0.05) is 12.8 Å². The lowest BCUT2D eigenvalue weighted by atomic mass is 9.91. The lowest BCUT2D eigenvalue weighted by Gasteiger charge is -2.33. The number of hydrogen-bond donors (Lipinski definition) is 2. The molecule has 2 aliphatic rings. The largest absolute Gasteiger partial charge is 0.476 e. The van der Waals surface area contributed by atoms with E-state index < -0.39 is 5.60 Å². The molecule has 0 radical (unpaired) electrons. The van der Waals surface area contributed by atoms with Gasteiger partial charge in [-0.15, -0.1) is 0 Å². The van der Waals surface area contributed by atoms with E-state index in [1.165, 1.54) is 0 Å². The van der Waals surface area contributed by atoms with Crippen molar-refractivity contribution in [2.75, 3.05) is 35.3 Å². The predicted octanol–water partition coefficient (Wildman–Crippen LogP) is 5.43. The number of ether oxygens (including phenoxy) is 1. The highest BCUT2D eigenvalue weighted by atomic mass is 19.1. The van der Waals surface area contributed by atoms with Crippen LogP contribution in [0.5, 0.6) is 5.75 Å². The molecule has 8 nitrogen and oxygen atoms in total. The molecule has 1 amide bonds. The number of aromatic nitrogens is 2. The van der Waals surface area contributed by atoms with Crippen LogP contribution in [0.15, 0.2) is 34.9 Å². The number of fused-ring (bicyclic) bond motifs is 2. The van der Waals surface area contributed by atoms with Crippen molar-refractivity contribution in [3.63, 3.8) is 0 Å². The summed E-state index contributed by atoms with van der Waals surface area (Å²) in [6.45, 7) is 5.00. The molecular weight excluding hydrogens is 437 g/mol. The van der Waals surface area contributed by atoms with Crippen molar-refractivity contribution in [3.8, 4) is 5.75 Å². The summed E-state index contributed by atoms with van der Waals surface area (Å²) in [5.41, 5.74) is 1.84. The molecule has 1 aromatic carbocycles. The minimum absolute atomic E-state index is 0.191. The van der Waals surface area contributed by atoms with Crippen LogP contribution in [0.3, 0.4) is 0 Å². The van der Waals surface area contributed by atoms with E-state index in [9.17, 15) is 9.18 Å². The van der Waals surface area contributed by atoms with Gasteiger partial charge in [-0.2, -0.15) is 4.98 Å². The normalized spacial score (nSPS) is 17.9. The summed E-state index contributed by atoms with van der Waals surface area (Å²) in [5, 5.41) is 6.16. The topological polar surface area (TPSA) is 92.5 Å². The Hall–Kier alpha value is -3.36. The second-order valence-corrected chi connectivity index (χ2v) is 9.52. The van der Waals surface area contributed by atoms with Gasteiger partial charge in [-0.3, -0.25) is 9.18 Å². The molecule has 9 heteroatoms. The number of amides is 1. The number of nitrogens with zero attached hydrogens (tertiary/aromatic N) is 3. The van der Waals surface area contributed by atoms with Gasteiger partial charge in [0.25, 0.3) is 5.91 Å². The molecule has 4 heterocycles. The fraction of sp³-hybridized carbons (Fsp3) is 0.480. The summed E-state index contributed by atoms with van der Waals surface area (Å²) in [7, 11) is 0. The lowest BCUT2D eigenvalue weighted by Crippen LogP contribution is -2.45. The van der Waals surface area contributed by atoms with Gasteiger partial charge in [-0.25, -0.2) is 4.98 Å². The van der Waals surface area contributed by atoms with Gasteiger partial charge < -0.3 is 24.7 Å². The van der Waals surface area contributed by atoms with Crippen LogP contribution < -0.4 is 20.3 Å². The van der Waals surface area contributed by atoms with Gasteiger partial charge in [0, 0.05) is 24.8 Å². The highest BCUT2D eigenvalue weighted by molar-refractivity contribution is 6.00. The number of nitrogens with one attached hydrogen (secondary N) is 2. The molecular formula is C25H30FN5O3. The van der Waals surface area contributed by atoms with E-state index in [1.807, 2.05) is 24.3 Å². The average molecular weight is 468 g/mol. The van der Waals surface area contributed by atoms with Gasteiger partial charge in [0.1, 0.15) is 11.3 Å². The second-order valence-electron chi connectivity index (χ2n) is 9.52. The van der Waals surface area contributed by atoms with E-state index >= 15 is 0 Å². The molecule has 180 valence electrons. The number of piperidine rings is 1. The standard InChI is InChI=1S/C25H30FN5O3/c1-25(2)23(32)28-19-15-17(6-7-20(19)34-25)27-24-29-18-10-14-33-21(18)22(30-24)31-12-8-16(9-13-31)5-3-4-11-26/h6-7,10,14-16H,3-5,8-9,11-13H2,1-2H3,(H,28,32)(H,27,29,30). The Balaban J connectivity index is 1.34. The third-order valence-corrected chi connectivity index (χ3v) is 6.59. The Bertz CT molecular complexity index is 1190. The van der Waals surface area contributed by atoms with E-state index in [1.54, 1.807) is 20.1 Å². The Morgan fingerprint density at radius 3 is 2.82 bits per heavy atom. The lowest BCUT2D eigenvalue weighted by molar-refractivity contribution is -0.129. The third kappa shape index (κ3) is 4.51. The van der Waals surface area contributed by atoms with E-state index in [-0.39, 0.29) is 12.6 Å². The molecule has 0 saturated carbocycles. The maximum atomic E-state index is 12.4. The molecule has 0 spiro atoms. The SMILES string of the molecule is CC1(C)Oc2ccc(Nc3nc(N4CCC(CCCCF)CC4)c4occc4n3)cc2NC1=O. The van der Waals surface area contributed by atoms with Crippen LogP contribution >= 0.6 is 0 Å². The molecule has 5 rings (SSSR count). The number of halogens is 1. The minimum atomic E-state index is -0.910. The van der Waals surface area contributed by atoms with Gasteiger partial charge in [-0.05, 0) is 57.2 Å². The predicted molar refractivity (Wildman–Crippen MR) is 130 cm³/mol. The monoisotopic (exact) mass is 467 g/mol. The van der Waals surface area contributed by atoms with Crippen molar-refractivity contribution < 1.29 is 18.3 Å². The summed E-state index contributed by atoms with van der Waals surface area (Å²) >= 11 is 0. The van der Waals surface area contributed by atoms with Crippen LogP contribution in [0.2, 0.25) is 0 Å². The van der Waals surface area contributed by atoms with Crippen LogP contribution in [0.4, 0.5) is 27.5 Å². The van der Waals surface area contributed by atoms with Gasteiger partial charge >= 0.3 is 0 Å². The van der Waals surface area contributed by atoms with E-state index in [0.717, 1.165) is 55.8 Å². The number of anilines is 4. The number of rotatable bonds is 7. The maximum absolute atomic E-state index is 12.4. The third-order valence-electron chi connectivity index (χ3n) is 6.59. The quantitative estimate of drug-likeness (QED) is 0.448. The Morgan fingerprint density at radius 1 is 1.21 bits per heavy atom. The zero-order valence-electron chi connectivity index (χ0n) is 19.6. The van der Waals surface area contributed by atoms with Crippen molar-refractivity contribution in [2.45, 2.75) is 51.6 Å². The number of furan rings is 1. The Morgan fingerprint density at radius 2 is 2.03 bits per heavy atom. The first-order chi connectivity index (χ1) is 16.4. The molecule has 0 bridgehead atoms. The zero-order valence-corrected chi connectivity index (χ0v) is 19.6. The zero-order chi connectivity index (χ0) is 23.7.